The van der Waals surface area contributed by atoms with E-state index in [1.54, 1.807) is 0 Å². The molecule has 0 fully saturated rings. The van der Waals surface area contributed by atoms with Crippen LogP contribution in [0.1, 0.15) is 36.8 Å². The van der Waals surface area contributed by atoms with Gasteiger partial charge in [-0.1, -0.05) is 24.3 Å². The molecule has 156 valence electrons. The standard InChI is InChI=1S/C11H15IO3S.C10H13IO/c1-16(13,14)15-8-3-2-5-10-6-4-7-11(12)9-10;11-10-6-3-5-9(8-10)4-1-2-7-12/h4,6-7,9H,2-3,5,8H2,1H3;3,5-6,8,12H,1-2,4,7H2. The number of hydrogen-bond acceptors (Lipinski definition) is 4. The Morgan fingerprint density at radius 1 is 0.857 bits per heavy atom. The fourth-order valence-corrected chi connectivity index (χ4v) is 4.10. The summed E-state index contributed by atoms with van der Waals surface area (Å²) in [4.78, 5) is 0. The lowest BCUT2D eigenvalue weighted by Crippen LogP contribution is -2.04. The van der Waals surface area contributed by atoms with E-state index in [2.05, 4.69) is 91.8 Å². The van der Waals surface area contributed by atoms with Crippen LogP contribution in [0.4, 0.5) is 0 Å². The molecular formula is C21H28I2O4S. The molecule has 2 aromatic carbocycles. The normalized spacial score (nSPS) is 11.0. The van der Waals surface area contributed by atoms with Gasteiger partial charge >= 0.3 is 0 Å². The van der Waals surface area contributed by atoms with Crippen LogP contribution in [0.25, 0.3) is 0 Å². The van der Waals surface area contributed by atoms with Gasteiger partial charge in [0.15, 0.2) is 0 Å². The van der Waals surface area contributed by atoms with Gasteiger partial charge in [0.2, 0.25) is 0 Å². The van der Waals surface area contributed by atoms with Crippen LogP contribution in [0.5, 0.6) is 0 Å². The highest BCUT2D eigenvalue weighted by Crippen LogP contribution is 2.11. The van der Waals surface area contributed by atoms with Crippen LogP contribution in [-0.2, 0) is 27.1 Å². The molecule has 28 heavy (non-hydrogen) atoms. The molecule has 0 aromatic heterocycles. The third-order valence-electron chi connectivity index (χ3n) is 3.81. The fraction of sp³-hybridized carbons (Fsp3) is 0.429. The van der Waals surface area contributed by atoms with Crippen molar-refractivity contribution in [2.24, 2.45) is 0 Å². The minimum Gasteiger partial charge on any atom is -0.396 e. The number of halogens is 2. The van der Waals surface area contributed by atoms with Gasteiger partial charge in [-0.15, -0.1) is 0 Å². The zero-order valence-corrected chi connectivity index (χ0v) is 21.2. The van der Waals surface area contributed by atoms with Crippen molar-refractivity contribution in [2.45, 2.75) is 38.5 Å². The summed E-state index contributed by atoms with van der Waals surface area (Å²) >= 11 is 4.60. The van der Waals surface area contributed by atoms with Crippen molar-refractivity contribution in [3.8, 4) is 0 Å². The molecule has 7 heteroatoms. The van der Waals surface area contributed by atoms with Crippen LogP contribution < -0.4 is 0 Å². The fourth-order valence-electron chi connectivity index (χ4n) is 2.47. The van der Waals surface area contributed by atoms with Crippen molar-refractivity contribution in [3.05, 3.63) is 66.8 Å². The third-order valence-corrected chi connectivity index (χ3v) is 5.75. The highest BCUT2D eigenvalue weighted by atomic mass is 127. The molecule has 0 heterocycles. The van der Waals surface area contributed by atoms with Gasteiger partial charge in [-0.3, -0.25) is 4.18 Å². The Bertz CT molecular complexity index is 794. The van der Waals surface area contributed by atoms with Crippen molar-refractivity contribution < 1.29 is 17.7 Å². The molecule has 0 unspecified atom stereocenters. The monoisotopic (exact) mass is 630 g/mol. The lowest BCUT2D eigenvalue weighted by atomic mass is 10.1. The molecule has 0 atom stereocenters. The minimum atomic E-state index is -3.28. The molecule has 4 nitrogen and oxygen atoms in total. The average molecular weight is 630 g/mol. The Hall–Kier alpha value is -0.230. The predicted molar refractivity (Wildman–Crippen MR) is 132 cm³/mol. The van der Waals surface area contributed by atoms with E-state index < -0.39 is 10.1 Å². The molecule has 0 aliphatic carbocycles. The van der Waals surface area contributed by atoms with Crippen molar-refractivity contribution in [1.29, 1.82) is 0 Å². The first-order chi connectivity index (χ1) is 13.3. The molecule has 0 amide bonds. The third kappa shape index (κ3) is 13.9. The SMILES string of the molecule is CS(=O)(=O)OCCCCc1cccc(I)c1.OCCCCc1cccc(I)c1. The van der Waals surface area contributed by atoms with E-state index in [9.17, 15) is 8.42 Å². The predicted octanol–water partition coefficient (Wildman–Crippen LogP) is 5.20. The Morgan fingerprint density at radius 3 is 1.79 bits per heavy atom. The zero-order chi connectivity index (χ0) is 20.8. The number of hydrogen-bond donors (Lipinski definition) is 1. The molecule has 2 rings (SSSR count). The highest BCUT2D eigenvalue weighted by molar-refractivity contribution is 14.1. The molecule has 0 bridgehead atoms. The van der Waals surface area contributed by atoms with Crippen LogP contribution >= 0.6 is 45.2 Å². The van der Waals surface area contributed by atoms with Gasteiger partial charge in [0, 0.05) is 13.7 Å². The zero-order valence-electron chi connectivity index (χ0n) is 16.1. The summed E-state index contributed by atoms with van der Waals surface area (Å²) in [6.07, 6.45) is 6.81. The van der Waals surface area contributed by atoms with Gasteiger partial charge in [-0.05, 0) is 119 Å². The summed E-state index contributed by atoms with van der Waals surface area (Å²) in [5.74, 6) is 0. The van der Waals surface area contributed by atoms with Crippen LogP contribution in [0.3, 0.4) is 0 Å². The second-order valence-electron chi connectivity index (χ2n) is 6.42. The first-order valence-electron chi connectivity index (χ1n) is 9.24. The van der Waals surface area contributed by atoms with Gasteiger partial charge < -0.3 is 5.11 Å². The van der Waals surface area contributed by atoms with E-state index in [4.69, 9.17) is 5.11 Å². The lowest BCUT2D eigenvalue weighted by Gasteiger charge is -2.02. The van der Waals surface area contributed by atoms with Crippen LogP contribution in [0, 0.1) is 7.14 Å². The average Bonchev–Trinajstić information content (AvgIpc) is 2.61. The number of aliphatic hydroxyl groups is 1. The Balaban J connectivity index is 0.000000292. The molecule has 0 aliphatic rings. The Kier molecular flexibility index (Phi) is 13.6. The van der Waals surface area contributed by atoms with Crippen LogP contribution in [0.15, 0.2) is 48.5 Å². The molecule has 0 aliphatic heterocycles. The van der Waals surface area contributed by atoms with Gasteiger partial charge in [-0.25, -0.2) is 0 Å². The maximum Gasteiger partial charge on any atom is 0.264 e. The van der Waals surface area contributed by atoms with Crippen LogP contribution in [0.2, 0.25) is 0 Å². The molecule has 2 aromatic rings. The second kappa shape index (κ2) is 14.7. The topological polar surface area (TPSA) is 63.6 Å². The maximum absolute atomic E-state index is 10.7. The highest BCUT2D eigenvalue weighted by Gasteiger charge is 2.01. The number of benzene rings is 2. The first kappa shape index (κ1) is 25.8. The summed E-state index contributed by atoms with van der Waals surface area (Å²) in [5.41, 5.74) is 2.65. The Labute approximate surface area is 196 Å². The quantitative estimate of drug-likeness (QED) is 0.223. The van der Waals surface area contributed by atoms with Crippen LogP contribution in [-0.4, -0.2) is 33.0 Å². The number of aryl methyl sites for hydroxylation is 2. The van der Waals surface area contributed by atoms with E-state index in [0.717, 1.165) is 44.8 Å². The van der Waals surface area contributed by atoms with Gasteiger partial charge in [0.05, 0.1) is 12.9 Å². The minimum absolute atomic E-state index is 0.281. The van der Waals surface area contributed by atoms with Crippen molar-refractivity contribution in [3.63, 3.8) is 0 Å². The summed E-state index contributed by atoms with van der Waals surface area (Å²) in [5, 5.41) is 8.60. The largest absolute Gasteiger partial charge is 0.396 e. The number of aliphatic hydroxyl groups excluding tert-OH is 1. The van der Waals surface area contributed by atoms with Gasteiger partial charge in [0.25, 0.3) is 10.1 Å². The molecule has 0 spiro atoms. The molecule has 0 saturated carbocycles. The summed E-state index contributed by atoms with van der Waals surface area (Å²) in [6.45, 7) is 0.590. The van der Waals surface area contributed by atoms with Crippen molar-refractivity contribution in [2.75, 3.05) is 19.5 Å². The van der Waals surface area contributed by atoms with E-state index in [0.29, 0.717) is 6.61 Å². The first-order valence-corrected chi connectivity index (χ1v) is 13.2. The van der Waals surface area contributed by atoms with Gasteiger partial charge in [0.1, 0.15) is 0 Å². The second-order valence-corrected chi connectivity index (χ2v) is 10.6. The molecular weight excluding hydrogens is 602 g/mol. The number of unbranched alkanes of at least 4 members (excludes halogenated alkanes) is 2. The van der Waals surface area contributed by atoms with E-state index in [1.165, 1.54) is 18.3 Å². The molecule has 0 saturated heterocycles. The molecule has 0 radical (unpaired) electrons. The van der Waals surface area contributed by atoms with Crippen molar-refractivity contribution in [1.82, 2.24) is 0 Å². The summed E-state index contributed by atoms with van der Waals surface area (Å²) < 4.78 is 28.5. The smallest absolute Gasteiger partial charge is 0.264 e. The van der Waals surface area contributed by atoms with Gasteiger partial charge in [-0.2, -0.15) is 8.42 Å². The lowest BCUT2D eigenvalue weighted by molar-refractivity contribution is 0.284. The summed E-state index contributed by atoms with van der Waals surface area (Å²) in [7, 11) is -3.28. The van der Waals surface area contributed by atoms with E-state index in [-0.39, 0.29) is 6.61 Å². The van der Waals surface area contributed by atoms with E-state index >= 15 is 0 Å². The Morgan fingerprint density at radius 2 is 1.36 bits per heavy atom. The number of rotatable bonds is 10. The van der Waals surface area contributed by atoms with E-state index in [1.807, 2.05) is 6.07 Å². The van der Waals surface area contributed by atoms with Crippen molar-refractivity contribution >= 4 is 55.3 Å². The molecule has 1 N–H and O–H groups in total. The summed E-state index contributed by atoms with van der Waals surface area (Å²) in [6, 6.07) is 16.8. The maximum atomic E-state index is 10.7.